The molecule has 1 spiro atoms. The van der Waals surface area contributed by atoms with E-state index in [9.17, 15) is 40.5 Å². The topological polar surface area (TPSA) is 173 Å². The normalized spacial score (nSPS) is 13.4. The maximum absolute atomic E-state index is 11.7. The van der Waals surface area contributed by atoms with E-state index in [0.29, 0.717) is 44.5 Å². The van der Waals surface area contributed by atoms with Gasteiger partial charge in [-0.2, -0.15) is 0 Å². The van der Waals surface area contributed by atoms with Crippen LogP contribution in [-0.4, -0.2) is 19.7 Å². The standard InChI is InChI=1S/C25H12N4O8/c30-26(31)13-1-5-17-18-6-2-14(27(32)33)10-22(18)25(21(17)9-13)23-11-15(28(34)35)3-7-19(23)20-8-4-16(29(36)37)12-24(20)25/h1-12H. The van der Waals surface area contributed by atoms with Gasteiger partial charge in [-0.05, 0) is 68.8 Å². The minimum atomic E-state index is -1.49. The molecule has 0 fully saturated rings. The van der Waals surface area contributed by atoms with Crippen molar-refractivity contribution in [3.8, 4) is 22.3 Å². The Kier molecular flexibility index (Phi) is 4.30. The van der Waals surface area contributed by atoms with Crippen molar-refractivity contribution in [3.05, 3.63) is 136 Å². The van der Waals surface area contributed by atoms with Gasteiger partial charge in [0.2, 0.25) is 0 Å². The van der Waals surface area contributed by atoms with Crippen LogP contribution < -0.4 is 0 Å². The Morgan fingerprint density at radius 2 is 0.622 bits per heavy atom. The molecule has 0 amide bonds. The lowest BCUT2D eigenvalue weighted by Crippen LogP contribution is -2.26. The van der Waals surface area contributed by atoms with Crippen molar-refractivity contribution in [2.45, 2.75) is 5.41 Å². The molecule has 0 saturated carbocycles. The van der Waals surface area contributed by atoms with Crippen LogP contribution in [0.3, 0.4) is 0 Å². The van der Waals surface area contributed by atoms with Crippen molar-refractivity contribution < 1.29 is 19.7 Å². The Morgan fingerprint density at radius 3 is 0.811 bits per heavy atom. The monoisotopic (exact) mass is 496 g/mol. The van der Waals surface area contributed by atoms with Gasteiger partial charge in [0, 0.05) is 48.5 Å². The van der Waals surface area contributed by atoms with E-state index in [1.165, 1.54) is 72.8 Å². The molecule has 0 radical (unpaired) electrons. The Bertz CT molecular complexity index is 1500. The molecule has 37 heavy (non-hydrogen) atoms. The second-order valence-electron chi connectivity index (χ2n) is 8.70. The number of rotatable bonds is 4. The highest BCUT2D eigenvalue weighted by Crippen LogP contribution is 2.64. The maximum atomic E-state index is 11.7. The van der Waals surface area contributed by atoms with Gasteiger partial charge in [0.05, 0.1) is 25.1 Å². The summed E-state index contributed by atoms with van der Waals surface area (Å²) in [6.45, 7) is 0. The Hall–Kier alpha value is -5.52. The molecule has 0 bridgehead atoms. The number of benzene rings is 4. The summed E-state index contributed by atoms with van der Waals surface area (Å²) in [5.74, 6) is 0. The highest BCUT2D eigenvalue weighted by atomic mass is 16.6. The molecule has 0 unspecified atom stereocenters. The fourth-order valence-electron chi connectivity index (χ4n) is 5.63. The van der Waals surface area contributed by atoms with Gasteiger partial charge in [-0.3, -0.25) is 40.5 Å². The quantitative estimate of drug-likeness (QED) is 0.222. The van der Waals surface area contributed by atoms with Crippen molar-refractivity contribution in [1.29, 1.82) is 0 Å². The summed E-state index contributed by atoms with van der Waals surface area (Å²) in [5.41, 5.74) is 1.05. The summed E-state index contributed by atoms with van der Waals surface area (Å²) in [7, 11) is 0. The highest BCUT2D eigenvalue weighted by Gasteiger charge is 2.54. The van der Waals surface area contributed by atoms with E-state index >= 15 is 0 Å². The molecule has 12 heteroatoms. The van der Waals surface area contributed by atoms with E-state index in [1.54, 1.807) is 0 Å². The van der Waals surface area contributed by atoms with E-state index in [0.717, 1.165) is 0 Å². The molecule has 0 saturated heterocycles. The maximum Gasteiger partial charge on any atom is 0.269 e. The van der Waals surface area contributed by atoms with Crippen molar-refractivity contribution in [1.82, 2.24) is 0 Å². The molecule has 0 aliphatic heterocycles. The second kappa shape index (κ2) is 7.24. The van der Waals surface area contributed by atoms with Gasteiger partial charge < -0.3 is 0 Å². The van der Waals surface area contributed by atoms with E-state index in [1.807, 2.05) is 0 Å². The number of nitro groups is 4. The number of hydrogen-bond acceptors (Lipinski definition) is 8. The van der Waals surface area contributed by atoms with Crippen molar-refractivity contribution in [2.24, 2.45) is 0 Å². The summed E-state index contributed by atoms with van der Waals surface area (Å²) in [6.07, 6.45) is 0. The van der Waals surface area contributed by atoms with Crippen LogP contribution in [0.1, 0.15) is 22.3 Å². The van der Waals surface area contributed by atoms with Crippen LogP contribution >= 0.6 is 0 Å². The first-order valence-corrected chi connectivity index (χ1v) is 10.8. The predicted molar refractivity (Wildman–Crippen MR) is 129 cm³/mol. The van der Waals surface area contributed by atoms with Crippen LogP contribution in [0.25, 0.3) is 22.3 Å². The van der Waals surface area contributed by atoms with Crippen LogP contribution in [0, 0.1) is 40.5 Å². The van der Waals surface area contributed by atoms with Crippen molar-refractivity contribution in [2.75, 3.05) is 0 Å². The molecule has 0 aromatic heterocycles. The molecule has 0 heterocycles. The van der Waals surface area contributed by atoms with Crippen LogP contribution in [0.2, 0.25) is 0 Å². The fourth-order valence-corrected chi connectivity index (χ4v) is 5.63. The zero-order valence-corrected chi connectivity index (χ0v) is 18.5. The minimum Gasteiger partial charge on any atom is -0.258 e. The van der Waals surface area contributed by atoms with Gasteiger partial charge in [0.15, 0.2) is 0 Å². The molecular formula is C25H12N4O8. The average molecular weight is 496 g/mol. The molecule has 4 aromatic rings. The largest absolute Gasteiger partial charge is 0.269 e. The number of non-ortho nitro benzene ring substituents is 4. The molecule has 2 aliphatic rings. The summed E-state index contributed by atoms with van der Waals surface area (Å²) in [4.78, 5) is 44.6. The third kappa shape index (κ3) is 2.77. The first kappa shape index (κ1) is 22.0. The van der Waals surface area contributed by atoms with Crippen LogP contribution in [0.15, 0.2) is 72.8 Å². The zero-order valence-electron chi connectivity index (χ0n) is 18.5. The lowest BCUT2D eigenvalue weighted by atomic mass is 9.70. The lowest BCUT2D eigenvalue weighted by molar-refractivity contribution is -0.385. The Balaban J connectivity index is 1.85. The summed E-state index contributed by atoms with van der Waals surface area (Å²) >= 11 is 0. The first-order valence-electron chi connectivity index (χ1n) is 10.8. The first-order chi connectivity index (χ1) is 17.6. The predicted octanol–water partition coefficient (Wildman–Crippen LogP) is 5.66. The molecule has 4 aromatic carbocycles. The Labute approximate surface area is 206 Å². The zero-order chi connectivity index (χ0) is 26.2. The summed E-state index contributed by atoms with van der Waals surface area (Å²) in [5, 5.41) is 46.9. The second-order valence-corrected chi connectivity index (χ2v) is 8.70. The van der Waals surface area contributed by atoms with Crippen LogP contribution in [-0.2, 0) is 5.41 Å². The van der Waals surface area contributed by atoms with E-state index in [4.69, 9.17) is 0 Å². The molecule has 0 N–H and O–H groups in total. The van der Waals surface area contributed by atoms with E-state index in [-0.39, 0.29) is 22.7 Å². The third-order valence-electron chi connectivity index (χ3n) is 7.05. The van der Waals surface area contributed by atoms with Gasteiger partial charge >= 0.3 is 0 Å². The number of nitrogens with zero attached hydrogens (tertiary/aromatic N) is 4. The highest BCUT2D eigenvalue weighted by molar-refractivity contribution is 5.96. The Morgan fingerprint density at radius 1 is 0.405 bits per heavy atom. The molecule has 180 valence electrons. The average Bonchev–Trinajstić information content (AvgIpc) is 3.33. The van der Waals surface area contributed by atoms with Gasteiger partial charge in [0.1, 0.15) is 0 Å². The molecule has 2 aliphatic carbocycles. The van der Waals surface area contributed by atoms with Crippen LogP contribution in [0.4, 0.5) is 22.7 Å². The SMILES string of the molecule is O=[N+]([O-])c1ccc2c(c1)C1(c3cc([N+](=O)[O-])ccc3-2)c2cc([N+](=O)[O-])ccc2-c2ccc([N+](=O)[O-])cc21. The minimum absolute atomic E-state index is 0.258. The van der Waals surface area contributed by atoms with Crippen LogP contribution in [0.5, 0.6) is 0 Å². The third-order valence-corrected chi connectivity index (χ3v) is 7.05. The fraction of sp³-hybridized carbons (Fsp3) is 0.0400. The smallest absolute Gasteiger partial charge is 0.258 e. The van der Waals surface area contributed by atoms with E-state index in [2.05, 4.69) is 0 Å². The summed E-state index contributed by atoms with van der Waals surface area (Å²) < 4.78 is 0. The van der Waals surface area contributed by atoms with Gasteiger partial charge in [-0.25, -0.2) is 0 Å². The number of fused-ring (bicyclic) bond motifs is 10. The number of hydrogen-bond donors (Lipinski definition) is 0. The molecule has 12 nitrogen and oxygen atoms in total. The van der Waals surface area contributed by atoms with Crippen molar-refractivity contribution >= 4 is 22.7 Å². The summed E-state index contributed by atoms with van der Waals surface area (Å²) in [6, 6.07) is 16.7. The molecule has 0 atom stereocenters. The van der Waals surface area contributed by atoms with Crippen molar-refractivity contribution in [3.63, 3.8) is 0 Å². The lowest BCUT2D eigenvalue weighted by Gasteiger charge is -2.29. The van der Waals surface area contributed by atoms with E-state index < -0.39 is 25.1 Å². The number of nitro benzene ring substituents is 4. The van der Waals surface area contributed by atoms with Gasteiger partial charge in [0.25, 0.3) is 22.7 Å². The van der Waals surface area contributed by atoms with Gasteiger partial charge in [-0.1, -0.05) is 0 Å². The molecular weight excluding hydrogens is 484 g/mol. The van der Waals surface area contributed by atoms with Gasteiger partial charge in [-0.15, -0.1) is 0 Å². The molecule has 6 rings (SSSR count).